The minimum Gasteiger partial charge on any atom is -0.496 e. The summed E-state index contributed by atoms with van der Waals surface area (Å²) in [5, 5.41) is 12.4. The first-order valence-corrected chi connectivity index (χ1v) is 9.42. The van der Waals surface area contributed by atoms with Crippen LogP contribution >= 0.6 is 0 Å². The lowest BCUT2D eigenvalue weighted by molar-refractivity contribution is -0.121. The molecule has 0 aliphatic carbocycles. The van der Waals surface area contributed by atoms with Gasteiger partial charge in [0.1, 0.15) is 22.7 Å². The molecule has 1 atom stereocenters. The summed E-state index contributed by atoms with van der Waals surface area (Å²) in [4.78, 5) is 24.9. The largest absolute Gasteiger partial charge is 0.496 e. The van der Waals surface area contributed by atoms with Crippen molar-refractivity contribution in [1.29, 1.82) is 0 Å². The highest BCUT2D eigenvalue weighted by molar-refractivity contribution is 5.93. The van der Waals surface area contributed by atoms with Crippen molar-refractivity contribution in [2.75, 3.05) is 13.7 Å². The van der Waals surface area contributed by atoms with Gasteiger partial charge in [-0.2, -0.15) is 0 Å². The van der Waals surface area contributed by atoms with Gasteiger partial charge < -0.3 is 24.3 Å². The van der Waals surface area contributed by atoms with E-state index < -0.39 is 5.63 Å². The number of nitrogens with one attached hydrogen (secondary N) is 1. The molecule has 28 heavy (non-hydrogen) atoms. The second kappa shape index (κ2) is 7.47. The first kappa shape index (κ1) is 20.2. The molecular formula is C21H27NO6. The van der Waals surface area contributed by atoms with E-state index in [-0.39, 0.29) is 36.1 Å². The Morgan fingerprint density at radius 1 is 1.43 bits per heavy atom. The molecule has 1 amide bonds. The summed E-state index contributed by atoms with van der Waals surface area (Å²) in [6.07, 6.45) is 1.39. The maximum Gasteiger partial charge on any atom is 0.340 e. The molecule has 0 saturated carbocycles. The van der Waals surface area contributed by atoms with Crippen LogP contribution in [0.4, 0.5) is 0 Å². The number of benzene rings is 1. The summed E-state index contributed by atoms with van der Waals surface area (Å²) >= 11 is 0. The Kier molecular flexibility index (Phi) is 5.39. The zero-order chi connectivity index (χ0) is 20.6. The molecule has 7 heteroatoms. The van der Waals surface area contributed by atoms with E-state index in [4.69, 9.17) is 19.0 Å². The number of fused-ring (bicyclic) bond motifs is 3. The van der Waals surface area contributed by atoms with Crippen LogP contribution in [-0.4, -0.2) is 36.4 Å². The Morgan fingerprint density at radius 3 is 2.79 bits per heavy atom. The van der Waals surface area contributed by atoms with Crippen LogP contribution in [0.15, 0.2) is 15.3 Å². The normalized spacial score (nSPS) is 16.2. The fourth-order valence-corrected chi connectivity index (χ4v) is 3.58. The zero-order valence-electron chi connectivity index (χ0n) is 17.0. The molecule has 0 radical (unpaired) electrons. The summed E-state index contributed by atoms with van der Waals surface area (Å²) in [6.45, 7) is 7.34. The van der Waals surface area contributed by atoms with E-state index in [1.54, 1.807) is 21.0 Å². The Labute approximate surface area is 163 Å². The molecule has 1 unspecified atom stereocenters. The van der Waals surface area contributed by atoms with Gasteiger partial charge in [0.05, 0.1) is 31.1 Å². The first-order valence-electron chi connectivity index (χ1n) is 9.42. The van der Waals surface area contributed by atoms with E-state index in [0.717, 1.165) is 18.4 Å². The first-order chi connectivity index (χ1) is 13.2. The number of hydrogen-bond donors (Lipinski definition) is 2. The van der Waals surface area contributed by atoms with E-state index in [1.165, 1.54) is 0 Å². The molecule has 152 valence electrons. The van der Waals surface area contributed by atoms with Crippen LogP contribution < -0.4 is 20.4 Å². The number of methoxy groups -OCH3 is 1. The molecule has 2 N–H and O–H groups in total. The van der Waals surface area contributed by atoms with Crippen molar-refractivity contribution in [2.45, 2.75) is 58.6 Å². The van der Waals surface area contributed by atoms with Gasteiger partial charge >= 0.3 is 5.63 Å². The van der Waals surface area contributed by atoms with Crippen molar-refractivity contribution in [1.82, 2.24) is 5.32 Å². The number of ether oxygens (including phenoxy) is 2. The molecule has 1 aromatic carbocycles. The third-order valence-electron chi connectivity index (χ3n) is 5.18. The van der Waals surface area contributed by atoms with Gasteiger partial charge in [-0.05, 0) is 46.1 Å². The summed E-state index contributed by atoms with van der Waals surface area (Å²) in [6, 6.07) is 1.44. The number of aliphatic hydroxyl groups excluding tert-OH is 1. The minimum absolute atomic E-state index is 0.127. The highest BCUT2D eigenvalue weighted by Crippen LogP contribution is 2.43. The van der Waals surface area contributed by atoms with E-state index >= 15 is 0 Å². The Balaban J connectivity index is 2.13. The molecule has 1 aromatic heterocycles. The maximum atomic E-state index is 12.7. The molecule has 0 spiro atoms. The average Bonchev–Trinajstić information content (AvgIpc) is 2.62. The second-order valence-electron chi connectivity index (χ2n) is 7.94. The van der Waals surface area contributed by atoms with E-state index in [2.05, 4.69) is 5.32 Å². The van der Waals surface area contributed by atoms with Gasteiger partial charge in [-0.25, -0.2) is 4.79 Å². The summed E-state index contributed by atoms with van der Waals surface area (Å²) in [5.41, 5.74) is 1.40. The summed E-state index contributed by atoms with van der Waals surface area (Å²) in [5.74, 6) is 0.849. The van der Waals surface area contributed by atoms with Crippen LogP contribution in [0.2, 0.25) is 0 Å². The average molecular weight is 389 g/mol. The molecule has 7 nitrogen and oxygen atoms in total. The van der Waals surface area contributed by atoms with Gasteiger partial charge in [0.25, 0.3) is 0 Å². The van der Waals surface area contributed by atoms with Crippen LogP contribution in [0, 0.1) is 6.92 Å². The van der Waals surface area contributed by atoms with E-state index in [9.17, 15) is 9.59 Å². The molecule has 2 aromatic rings. The highest BCUT2D eigenvalue weighted by Gasteiger charge is 2.31. The van der Waals surface area contributed by atoms with Gasteiger partial charge in [-0.15, -0.1) is 0 Å². The monoisotopic (exact) mass is 389 g/mol. The molecular weight excluding hydrogens is 362 g/mol. The Bertz CT molecular complexity index is 975. The zero-order valence-corrected chi connectivity index (χ0v) is 17.0. The quantitative estimate of drug-likeness (QED) is 0.761. The van der Waals surface area contributed by atoms with Gasteiger partial charge in [0.2, 0.25) is 5.91 Å². The third kappa shape index (κ3) is 3.71. The number of carbonyl (C=O) groups is 1. The lowest BCUT2D eigenvalue weighted by Crippen LogP contribution is -2.37. The van der Waals surface area contributed by atoms with Crippen molar-refractivity contribution in [3.8, 4) is 11.5 Å². The number of hydrogen-bond acceptors (Lipinski definition) is 6. The van der Waals surface area contributed by atoms with Crippen molar-refractivity contribution < 1.29 is 23.8 Å². The molecule has 1 aliphatic rings. The minimum atomic E-state index is -0.544. The van der Waals surface area contributed by atoms with Crippen molar-refractivity contribution in [2.24, 2.45) is 0 Å². The van der Waals surface area contributed by atoms with Crippen LogP contribution in [0.3, 0.4) is 0 Å². The number of carbonyl (C=O) groups excluding carboxylic acids is 1. The number of aliphatic hydroxyl groups is 1. The standard InChI is InChI=1S/C21H27NO6/c1-11(10-23)22-17(24)8-14-12(2)18-16(26-5)9-15-13(19(18)27-20(14)25)6-7-21(3,4)28-15/h9,11,23H,6-8,10H2,1-5H3,(H,22,24). The fraction of sp³-hybridized carbons (Fsp3) is 0.524. The summed E-state index contributed by atoms with van der Waals surface area (Å²) in [7, 11) is 1.55. The van der Waals surface area contributed by atoms with Crippen molar-refractivity contribution >= 4 is 16.9 Å². The number of amides is 1. The van der Waals surface area contributed by atoms with Gasteiger partial charge in [-0.3, -0.25) is 4.79 Å². The molecule has 3 rings (SSSR count). The lowest BCUT2D eigenvalue weighted by atomic mass is 9.91. The van der Waals surface area contributed by atoms with Gasteiger partial charge in [0, 0.05) is 17.7 Å². The highest BCUT2D eigenvalue weighted by atomic mass is 16.5. The lowest BCUT2D eigenvalue weighted by Gasteiger charge is -2.33. The predicted molar refractivity (Wildman–Crippen MR) is 105 cm³/mol. The van der Waals surface area contributed by atoms with Crippen LogP contribution in [-0.2, 0) is 17.6 Å². The second-order valence-corrected chi connectivity index (χ2v) is 7.94. The van der Waals surface area contributed by atoms with Gasteiger partial charge in [0.15, 0.2) is 0 Å². The molecule has 0 bridgehead atoms. The van der Waals surface area contributed by atoms with Crippen molar-refractivity contribution in [3.05, 3.63) is 33.2 Å². The predicted octanol–water partition coefficient (Wildman–Crippen LogP) is 2.25. The Morgan fingerprint density at radius 2 is 2.14 bits per heavy atom. The molecule has 0 saturated heterocycles. The van der Waals surface area contributed by atoms with E-state index in [0.29, 0.717) is 28.0 Å². The Hall–Kier alpha value is -2.54. The fourth-order valence-electron chi connectivity index (χ4n) is 3.58. The molecule has 1 aliphatic heterocycles. The van der Waals surface area contributed by atoms with E-state index in [1.807, 2.05) is 19.9 Å². The number of rotatable bonds is 5. The third-order valence-corrected chi connectivity index (χ3v) is 5.18. The van der Waals surface area contributed by atoms with Crippen LogP contribution in [0.25, 0.3) is 11.0 Å². The topological polar surface area (TPSA) is 98.0 Å². The van der Waals surface area contributed by atoms with Gasteiger partial charge in [-0.1, -0.05) is 0 Å². The number of aryl methyl sites for hydroxylation is 2. The molecule has 2 heterocycles. The van der Waals surface area contributed by atoms with Crippen LogP contribution in [0.1, 0.15) is 43.9 Å². The maximum absolute atomic E-state index is 12.7. The summed E-state index contributed by atoms with van der Waals surface area (Å²) < 4.78 is 17.3. The smallest absolute Gasteiger partial charge is 0.340 e. The van der Waals surface area contributed by atoms with Crippen molar-refractivity contribution in [3.63, 3.8) is 0 Å². The molecule has 0 fully saturated rings. The van der Waals surface area contributed by atoms with Crippen LogP contribution in [0.5, 0.6) is 11.5 Å². The SMILES string of the molecule is COc1cc2c(c3oc(=O)c(CC(=O)NC(C)CO)c(C)c13)CCC(C)(C)O2.